The monoisotopic (exact) mass is 346 g/mol. The number of aromatic nitrogens is 2. The number of nitrogens with zero attached hydrogens (tertiary/aromatic N) is 2. The van der Waals surface area contributed by atoms with Crippen LogP contribution in [0.5, 0.6) is 0 Å². The standard InChI is InChI=1S/C15H26N2O5S/c1-6-21-14(18)12-10-13(15(19)22-7-2)17(16-12)11-20-8-9-23(3,4)5/h10H,6-9,11H2,1-5H3. The number of rotatable bonds is 9. The van der Waals surface area contributed by atoms with Crippen LogP contribution in [-0.2, 0) is 20.9 Å². The molecule has 1 aromatic rings. The summed E-state index contributed by atoms with van der Waals surface area (Å²) in [5.74, 6) is -0.162. The lowest BCUT2D eigenvalue weighted by Gasteiger charge is -2.24. The van der Waals surface area contributed by atoms with Gasteiger partial charge in [-0.05, 0) is 32.6 Å². The second-order valence-electron chi connectivity index (χ2n) is 5.69. The zero-order valence-electron chi connectivity index (χ0n) is 14.5. The van der Waals surface area contributed by atoms with E-state index in [4.69, 9.17) is 14.2 Å². The molecule has 0 unspecified atom stereocenters. The average molecular weight is 346 g/mol. The number of hydrogen-bond donors (Lipinski definition) is 0. The fourth-order valence-corrected chi connectivity index (χ4v) is 2.27. The van der Waals surface area contributed by atoms with Gasteiger partial charge in [0.15, 0.2) is 5.69 Å². The van der Waals surface area contributed by atoms with E-state index in [9.17, 15) is 9.59 Å². The minimum atomic E-state index is -0.650. The Morgan fingerprint density at radius 1 is 1.13 bits per heavy atom. The van der Waals surface area contributed by atoms with Crippen LogP contribution in [0.2, 0.25) is 0 Å². The molecule has 0 fully saturated rings. The van der Waals surface area contributed by atoms with Gasteiger partial charge in [0, 0.05) is 11.8 Å². The molecule has 0 aromatic carbocycles. The van der Waals surface area contributed by atoms with Gasteiger partial charge in [-0.2, -0.15) is 5.10 Å². The van der Waals surface area contributed by atoms with Crippen molar-refractivity contribution in [1.82, 2.24) is 9.78 Å². The van der Waals surface area contributed by atoms with Crippen LogP contribution in [-0.4, -0.2) is 66.1 Å². The zero-order chi connectivity index (χ0) is 17.5. The smallest absolute Gasteiger partial charge is 0.358 e. The van der Waals surface area contributed by atoms with Crippen molar-refractivity contribution in [2.75, 3.05) is 44.3 Å². The molecule has 1 rings (SSSR count). The summed E-state index contributed by atoms with van der Waals surface area (Å²) in [4.78, 5) is 23.7. The summed E-state index contributed by atoms with van der Waals surface area (Å²) in [5, 5.41) is 4.09. The van der Waals surface area contributed by atoms with Gasteiger partial charge in [-0.25, -0.2) is 24.3 Å². The van der Waals surface area contributed by atoms with Crippen LogP contribution in [0.3, 0.4) is 0 Å². The number of hydrogen-bond acceptors (Lipinski definition) is 6. The SMILES string of the molecule is CCOC(=O)c1cc(C(=O)OCC)n(COCCS(C)(C)C)n1. The first-order valence-electron chi connectivity index (χ1n) is 7.44. The van der Waals surface area contributed by atoms with Crippen molar-refractivity contribution < 1.29 is 23.8 Å². The Morgan fingerprint density at radius 2 is 1.74 bits per heavy atom. The Labute approximate surface area is 138 Å². The number of esters is 2. The maximum atomic E-state index is 12.0. The minimum Gasteiger partial charge on any atom is -0.461 e. The van der Waals surface area contributed by atoms with Gasteiger partial charge in [-0.3, -0.25) is 0 Å². The van der Waals surface area contributed by atoms with E-state index in [-0.39, 0.29) is 31.3 Å². The van der Waals surface area contributed by atoms with Gasteiger partial charge in [-0.15, -0.1) is 0 Å². The molecular formula is C15H26N2O5S. The second kappa shape index (κ2) is 8.93. The van der Waals surface area contributed by atoms with E-state index in [1.165, 1.54) is 10.7 Å². The molecule has 0 saturated carbocycles. The Balaban J connectivity index is 2.81. The van der Waals surface area contributed by atoms with E-state index < -0.39 is 22.0 Å². The summed E-state index contributed by atoms with van der Waals surface area (Å²) in [6.45, 7) is 4.56. The van der Waals surface area contributed by atoms with Gasteiger partial charge in [-0.1, -0.05) is 0 Å². The van der Waals surface area contributed by atoms with Crippen LogP contribution in [0.15, 0.2) is 6.07 Å². The summed E-state index contributed by atoms with van der Waals surface area (Å²) < 4.78 is 16.8. The molecule has 132 valence electrons. The summed E-state index contributed by atoms with van der Waals surface area (Å²) in [6, 6.07) is 1.37. The van der Waals surface area contributed by atoms with E-state index in [2.05, 4.69) is 23.9 Å². The Hall–Kier alpha value is -1.54. The Morgan fingerprint density at radius 3 is 2.30 bits per heavy atom. The van der Waals surface area contributed by atoms with E-state index in [1.54, 1.807) is 13.8 Å². The third-order valence-electron chi connectivity index (χ3n) is 2.80. The van der Waals surface area contributed by atoms with Crippen LogP contribution in [0.25, 0.3) is 0 Å². The third kappa shape index (κ3) is 6.62. The molecule has 23 heavy (non-hydrogen) atoms. The van der Waals surface area contributed by atoms with E-state index in [0.29, 0.717) is 6.61 Å². The van der Waals surface area contributed by atoms with Gasteiger partial charge >= 0.3 is 11.9 Å². The molecule has 0 amide bonds. The van der Waals surface area contributed by atoms with Crippen LogP contribution < -0.4 is 0 Å². The molecule has 1 aromatic heterocycles. The molecule has 0 radical (unpaired) electrons. The molecule has 0 aliphatic rings. The molecule has 0 aliphatic heterocycles. The maximum absolute atomic E-state index is 12.0. The van der Waals surface area contributed by atoms with Crippen molar-refractivity contribution in [3.05, 3.63) is 17.5 Å². The Bertz CT molecular complexity index is 536. The number of carbonyl (C=O) groups excluding carboxylic acids is 2. The summed E-state index contributed by atoms with van der Waals surface area (Å²) in [7, 11) is -0.650. The number of ether oxygens (including phenoxy) is 3. The highest BCUT2D eigenvalue weighted by Crippen LogP contribution is 2.33. The van der Waals surface area contributed by atoms with Gasteiger partial charge in [0.25, 0.3) is 0 Å². The maximum Gasteiger partial charge on any atom is 0.358 e. The third-order valence-corrected chi connectivity index (χ3v) is 4.19. The first kappa shape index (κ1) is 19.5. The topological polar surface area (TPSA) is 79.7 Å². The van der Waals surface area contributed by atoms with Crippen molar-refractivity contribution >= 4 is 22.0 Å². The highest BCUT2D eigenvalue weighted by molar-refractivity contribution is 8.32. The van der Waals surface area contributed by atoms with Gasteiger partial charge in [0.1, 0.15) is 12.4 Å². The first-order chi connectivity index (χ1) is 10.8. The van der Waals surface area contributed by atoms with E-state index >= 15 is 0 Å². The van der Waals surface area contributed by atoms with Crippen molar-refractivity contribution in [3.8, 4) is 0 Å². The van der Waals surface area contributed by atoms with Crippen LogP contribution in [0, 0.1) is 0 Å². The molecule has 0 N–H and O–H groups in total. The Kier molecular flexibility index (Phi) is 7.57. The summed E-state index contributed by atoms with van der Waals surface area (Å²) in [5.41, 5.74) is 0.248. The fourth-order valence-electron chi connectivity index (χ4n) is 1.65. The van der Waals surface area contributed by atoms with Gasteiger partial charge in [0.2, 0.25) is 0 Å². The van der Waals surface area contributed by atoms with Crippen molar-refractivity contribution in [3.63, 3.8) is 0 Å². The molecule has 0 bridgehead atoms. The largest absolute Gasteiger partial charge is 0.461 e. The molecule has 8 heteroatoms. The first-order valence-corrected chi connectivity index (χ1v) is 10.5. The van der Waals surface area contributed by atoms with E-state index in [0.717, 1.165) is 5.75 Å². The lowest BCUT2D eigenvalue weighted by molar-refractivity contribution is 0.0449. The van der Waals surface area contributed by atoms with Gasteiger partial charge < -0.3 is 14.2 Å². The predicted octanol–water partition coefficient (Wildman–Crippen LogP) is 1.90. The molecule has 0 spiro atoms. The van der Waals surface area contributed by atoms with Crippen molar-refractivity contribution in [1.29, 1.82) is 0 Å². The van der Waals surface area contributed by atoms with Crippen molar-refractivity contribution in [2.45, 2.75) is 20.6 Å². The normalized spacial score (nSPS) is 12.0. The molecule has 0 atom stereocenters. The summed E-state index contributed by atoms with van der Waals surface area (Å²) in [6.07, 6.45) is 6.60. The zero-order valence-corrected chi connectivity index (χ0v) is 15.3. The summed E-state index contributed by atoms with van der Waals surface area (Å²) >= 11 is 0. The lowest BCUT2D eigenvalue weighted by atomic mass is 10.3. The van der Waals surface area contributed by atoms with Crippen LogP contribution >= 0.6 is 10.0 Å². The quantitative estimate of drug-likeness (QED) is 0.502. The number of carbonyl (C=O) groups is 2. The molecular weight excluding hydrogens is 320 g/mol. The van der Waals surface area contributed by atoms with Crippen LogP contribution in [0.4, 0.5) is 0 Å². The molecule has 7 nitrogen and oxygen atoms in total. The molecule has 0 saturated heterocycles. The minimum absolute atomic E-state index is 0.0694. The van der Waals surface area contributed by atoms with E-state index in [1.807, 2.05) is 0 Å². The lowest BCUT2D eigenvalue weighted by Crippen LogP contribution is -2.17. The van der Waals surface area contributed by atoms with Crippen LogP contribution in [0.1, 0.15) is 34.8 Å². The second-order valence-corrected chi connectivity index (χ2v) is 10.3. The highest BCUT2D eigenvalue weighted by atomic mass is 32.3. The molecule has 0 aliphatic carbocycles. The van der Waals surface area contributed by atoms with Crippen molar-refractivity contribution in [2.24, 2.45) is 0 Å². The fraction of sp³-hybridized carbons (Fsp3) is 0.667. The average Bonchev–Trinajstić information content (AvgIpc) is 2.87. The molecule has 1 heterocycles. The highest BCUT2D eigenvalue weighted by Gasteiger charge is 2.21. The predicted molar refractivity (Wildman–Crippen MR) is 90.3 cm³/mol. The van der Waals surface area contributed by atoms with Gasteiger partial charge in [0.05, 0.1) is 19.8 Å².